The molecular formula is C24H18N2O6S. The largest absolute Gasteiger partial charge is 0.506 e. The Morgan fingerprint density at radius 1 is 1.15 bits per heavy atom. The molecule has 33 heavy (non-hydrogen) atoms. The summed E-state index contributed by atoms with van der Waals surface area (Å²) in [5.41, 5.74) is 0.852. The Bertz CT molecular complexity index is 1310. The van der Waals surface area contributed by atoms with Crippen LogP contribution in [0.2, 0.25) is 0 Å². The number of benzene rings is 2. The first kappa shape index (κ1) is 22.1. The van der Waals surface area contributed by atoms with Gasteiger partial charge in [-0.3, -0.25) is 10.1 Å². The molecular weight excluding hydrogens is 444 g/mol. The Morgan fingerprint density at radius 3 is 2.61 bits per heavy atom. The van der Waals surface area contributed by atoms with E-state index in [0.717, 1.165) is 11.8 Å². The molecule has 8 nitrogen and oxygen atoms in total. The maximum atomic E-state index is 12.5. The van der Waals surface area contributed by atoms with Crippen LogP contribution in [0.5, 0.6) is 0 Å². The van der Waals surface area contributed by atoms with Crippen LogP contribution >= 0.6 is 11.8 Å². The van der Waals surface area contributed by atoms with E-state index in [1.54, 1.807) is 55.5 Å². The minimum absolute atomic E-state index is 0.0255. The number of hydrogen-bond donors (Lipinski definition) is 1. The van der Waals surface area contributed by atoms with Crippen molar-refractivity contribution >= 4 is 40.2 Å². The van der Waals surface area contributed by atoms with Crippen molar-refractivity contribution in [3.8, 4) is 11.3 Å². The third-order valence-corrected chi connectivity index (χ3v) is 5.64. The lowest BCUT2D eigenvalue weighted by Gasteiger charge is -2.03. The molecule has 1 aromatic heterocycles. The van der Waals surface area contributed by atoms with Crippen LogP contribution in [0.15, 0.2) is 92.4 Å². The minimum Gasteiger partial charge on any atom is -0.506 e. The highest BCUT2D eigenvalue weighted by Crippen LogP contribution is 2.41. The van der Waals surface area contributed by atoms with E-state index in [0.29, 0.717) is 32.7 Å². The van der Waals surface area contributed by atoms with Gasteiger partial charge >= 0.3 is 5.97 Å². The second-order valence-corrected chi connectivity index (χ2v) is 7.81. The number of rotatable bonds is 6. The molecule has 3 aromatic rings. The van der Waals surface area contributed by atoms with Gasteiger partial charge in [-0.25, -0.2) is 9.79 Å². The lowest BCUT2D eigenvalue weighted by atomic mass is 10.1. The molecule has 9 heteroatoms. The first-order valence-corrected chi connectivity index (χ1v) is 10.8. The first-order valence-electron chi connectivity index (χ1n) is 9.96. The fraction of sp³-hybridized carbons (Fsp3) is 0.0833. The monoisotopic (exact) mass is 462 g/mol. The molecule has 4 rings (SSSR count). The summed E-state index contributed by atoms with van der Waals surface area (Å²) in [6.07, 6.45) is 1.55. The van der Waals surface area contributed by atoms with Crippen molar-refractivity contribution in [1.82, 2.24) is 0 Å². The molecule has 2 aromatic carbocycles. The predicted molar refractivity (Wildman–Crippen MR) is 126 cm³/mol. The van der Waals surface area contributed by atoms with Crippen molar-refractivity contribution < 1.29 is 24.0 Å². The summed E-state index contributed by atoms with van der Waals surface area (Å²) in [7, 11) is 0. The number of furan rings is 1. The van der Waals surface area contributed by atoms with Gasteiger partial charge in [0.25, 0.3) is 5.69 Å². The molecule has 0 unspecified atom stereocenters. The Labute approximate surface area is 193 Å². The van der Waals surface area contributed by atoms with Gasteiger partial charge in [0.05, 0.1) is 27.7 Å². The molecule has 1 N–H and O–H groups in total. The number of hydrogen-bond acceptors (Lipinski definition) is 8. The standard InChI is InChI=1S/C24H18N2O6S/c1-2-31-24(28)21-22(27)20(33-23(21)25-15-8-4-3-5-9-15)14-16-12-13-19(32-16)17-10-6-7-11-18(17)26(29)30/h3-14,27H,2H2,1H3. The Hall–Kier alpha value is -4.11. The number of esters is 1. The lowest BCUT2D eigenvalue weighted by Crippen LogP contribution is -2.12. The average molecular weight is 462 g/mol. The molecule has 0 radical (unpaired) electrons. The van der Waals surface area contributed by atoms with Gasteiger partial charge in [0.2, 0.25) is 0 Å². The number of ether oxygens (including phenoxy) is 1. The van der Waals surface area contributed by atoms with E-state index in [4.69, 9.17) is 9.15 Å². The van der Waals surface area contributed by atoms with E-state index in [-0.39, 0.29) is 23.6 Å². The van der Waals surface area contributed by atoms with Crippen LogP contribution in [0, 0.1) is 10.1 Å². The third-order valence-electron chi connectivity index (χ3n) is 4.62. The molecule has 0 bridgehead atoms. The summed E-state index contributed by atoms with van der Waals surface area (Å²) < 4.78 is 10.9. The highest BCUT2D eigenvalue weighted by Gasteiger charge is 2.33. The van der Waals surface area contributed by atoms with Crippen LogP contribution < -0.4 is 0 Å². The fourth-order valence-electron chi connectivity index (χ4n) is 3.16. The summed E-state index contributed by atoms with van der Waals surface area (Å²) in [5, 5.41) is 22.4. The fourth-order valence-corrected chi connectivity index (χ4v) is 4.17. The van der Waals surface area contributed by atoms with E-state index < -0.39 is 10.9 Å². The van der Waals surface area contributed by atoms with Crippen LogP contribution in [-0.4, -0.2) is 27.6 Å². The smallest absolute Gasteiger partial charge is 0.344 e. The summed E-state index contributed by atoms with van der Waals surface area (Å²) in [5.74, 6) is -0.289. The Balaban J connectivity index is 1.71. The molecule has 1 aliphatic heterocycles. The van der Waals surface area contributed by atoms with Crippen molar-refractivity contribution in [2.75, 3.05) is 6.61 Å². The maximum Gasteiger partial charge on any atom is 0.344 e. The number of nitro groups is 1. The van der Waals surface area contributed by atoms with Crippen molar-refractivity contribution in [2.45, 2.75) is 6.92 Å². The van der Waals surface area contributed by atoms with Gasteiger partial charge in [-0.05, 0) is 43.3 Å². The van der Waals surface area contributed by atoms with Crippen LogP contribution in [-0.2, 0) is 9.53 Å². The summed E-state index contributed by atoms with van der Waals surface area (Å²) >= 11 is 1.10. The van der Waals surface area contributed by atoms with E-state index in [2.05, 4.69) is 4.99 Å². The average Bonchev–Trinajstić information content (AvgIpc) is 3.39. The molecule has 0 atom stereocenters. The van der Waals surface area contributed by atoms with Gasteiger partial charge < -0.3 is 14.3 Å². The predicted octanol–water partition coefficient (Wildman–Crippen LogP) is 6.05. The normalized spacial score (nSPS) is 15.9. The van der Waals surface area contributed by atoms with E-state index in [9.17, 15) is 20.0 Å². The topological polar surface area (TPSA) is 115 Å². The molecule has 0 fully saturated rings. The number of thioether (sulfide) groups is 1. The number of nitrogens with zero attached hydrogens (tertiary/aromatic N) is 2. The summed E-state index contributed by atoms with van der Waals surface area (Å²) in [6.45, 7) is 1.82. The number of para-hydroxylation sites is 2. The molecule has 0 saturated heterocycles. The Morgan fingerprint density at radius 2 is 1.88 bits per heavy atom. The van der Waals surface area contributed by atoms with Crippen molar-refractivity contribution in [3.63, 3.8) is 0 Å². The molecule has 0 spiro atoms. The van der Waals surface area contributed by atoms with Gasteiger partial charge in [-0.15, -0.1) is 0 Å². The SMILES string of the molecule is CCOC(=O)C1=C(O)C(=Cc2ccc(-c3ccccc3[N+](=O)[O-])o2)SC1=Nc1ccccc1. The van der Waals surface area contributed by atoms with Crippen LogP contribution in [0.1, 0.15) is 12.7 Å². The van der Waals surface area contributed by atoms with Gasteiger partial charge in [-0.2, -0.15) is 0 Å². The molecule has 0 aliphatic carbocycles. The molecule has 1 aliphatic rings. The van der Waals surface area contributed by atoms with E-state index >= 15 is 0 Å². The zero-order chi connectivity index (χ0) is 23.4. The van der Waals surface area contributed by atoms with Crippen LogP contribution in [0.3, 0.4) is 0 Å². The number of carbonyl (C=O) groups excluding carboxylic acids is 1. The number of aliphatic hydroxyl groups is 1. The number of carbonyl (C=O) groups is 1. The summed E-state index contributed by atoms with van der Waals surface area (Å²) in [6, 6.07) is 18.5. The maximum absolute atomic E-state index is 12.5. The van der Waals surface area contributed by atoms with Gasteiger partial charge in [0.15, 0.2) is 0 Å². The molecule has 0 saturated carbocycles. The van der Waals surface area contributed by atoms with Gasteiger partial charge in [0, 0.05) is 6.07 Å². The molecule has 2 heterocycles. The van der Waals surface area contributed by atoms with Crippen molar-refractivity contribution in [3.05, 3.63) is 98.8 Å². The van der Waals surface area contributed by atoms with Gasteiger partial charge in [0.1, 0.15) is 27.9 Å². The van der Waals surface area contributed by atoms with Gasteiger partial charge in [-0.1, -0.05) is 42.1 Å². The number of nitro benzene ring substituents is 1. The zero-order valence-electron chi connectivity index (χ0n) is 17.4. The number of aliphatic hydroxyl groups excluding tert-OH is 1. The van der Waals surface area contributed by atoms with E-state index in [1.807, 2.05) is 18.2 Å². The highest BCUT2D eigenvalue weighted by molar-refractivity contribution is 8.18. The number of aliphatic imine (C=N–C) groups is 1. The highest BCUT2D eigenvalue weighted by atomic mass is 32.2. The second-order valence-electron chi connectivity index (χ2n) is 6.78. The zero-order valence-corrected chi connectivity index (χ0v) is 18.2. The van der Waals surface area contributed by atoms with E-state index in [1.165, 1.54) is 6.07 Å². The third kappa shape index (κ3) is 4.73. The Kier molecular flexibility index (Phi) is 6.41. The second kappa shape index (κ2) is 9.58. The molecule has 166 valence electrons. The minimum atomic E-state index is -0.680. The van der Waals surface area contributed by atoms with Crippen molar-refractivity contribution in [1.29, 1.82) is 0 Å². The molecule has 0 amide bonds. The summed E-state index contributed by atoms with van der Waals surface area (Å²) in [4.78, 5) is 28.2. The van der Waals surface area contributed by atoms with Crippen LogP contribution in [0.25, 0.3) is 17.4 Å². The quantitative estimate of drug-likeness (QED) is 0.269. The van der Waals surface area contributed by atoms with Crippen molar-refractivity contribution in [2.24, 2.45) is 4.99 Å². The lowest BCUT2D eigenvalue weighted by molar-refractivity contribution is -0.384. The van der Waals surface area contributed by atoms with Crippen LogP contribution in [0.4, 0.5) is 11.4 Å². The first-order chi connectivity index (χ1) is 16.0.